The summed E-state index contributed by atoms with van der Waals surface area (Å²) in [7, 11) is 3.09. The normalized spacial score (nSPS) is 16.4. The van der Waals surface area contributed by atoms with Crippen LogP contribution >= 0.6 is 0 Å². The second-order valence-electron chi connectivity index (χ2n) is 8.86. The quantitative estimate of drug-likeness (QED) is 0.491. The Kier molecular flexibility index (Phi) is 6.56. The Morgan fingerprint density at radius 3 is 2.50 bits per heavy atom. The number of ether oxygens (including phenoxy) is 2. The summed E-state index contributed by atoms with van der Waals surface area (Å²) in [5.74, 6) is 0.118. The average Bonchev–Trinajstić information content (AvgIpc) is 3.46. The number of carbonyl (C=O) groups excluding carboxylic acids is 2. The van der Waals surface area contributed by atoms with E-state index in [1.54, 1.807) is 37.4 Å². The Hall–Kier alpha value is -3.98. The van der Waals surface area contributed by atoms with Crippen LogP contribution < -0.4 is 14.8 Å². The summed E-state index contributed by atoms with van der Waals surface area (Å²) in [6, 6.07) is 11.2. The standard InChI is InChI=1S/C27H27FN4O4/c1-35-20-8-5-18(22(13-20)36-2)15-32-23(33)14-21(27(32)34)24-25(16-3-6-19(28)7-4-16)30-31-26(24)17-9-11-29-12-10-17/h3-8,13-14,17,29H,9-12,15H2,1-2H3,(H,30,31). The molecule has 1 aromatic heterocycles. The molecule has 8 nitrogen and oxygen atoms in total. The largest absolute Gasteiger partial charge is 0.497 e. The Morgan fingerprint density at radius 1 is 1.06 bits per heavy atom. The smallest absolute Gasteiger partial charge is 0.261 e. The highest BCUT2D eigenvalue weighted by Gasteiger charge is 2.37. The van der Waals surface area contributed by atoms with E-state index in [9.17, 15) is 14.0 Å². The number of rotatable bonds is 7. The molecule has 5 rings (SSSR count). The van der Waals surface area contributed by atoms with Crippen molar-refractivity contribution in [2.24, 2.45) is 0 Å². The van der Waals surface area contributed by atoms with Gasteiger partial charge in [-0.3, -0.25) is 19.6 Å². The minimum absolute atomic E-state index is 0.0528. The lowest BCUT2D eigenvalue weighted by Gasteiger charge is -2.23. The molecule has 0 saturated carbocycles. The zero-order valence-electron chi connectivity index (χ0n) is 20.1. The van der Waals surface area contributed by atoms with E-state index in [0.29, 0.717) is 33.9 Å². The fourth-order valence-corrected chi connectivity index (χ4v) is 4.84. The lowest BCUT2D eigenvalue weighted by Crippen LogP contribution is -2.31. The maximum absolute atomic E-state index is 13.7. The zero-order valence-corrected chi connectivity index (χ0v) is 20.1. The van der Waals surface area contributed by atoms with Gasteiger partial charge in [0, 0.05) is 40.4 Å². The number of hydrogen-bond donors (Lipinski definition) is 2. The first kappa shape index (κ1) is 23.7. The maximum Gasteiger partial charge on any atom is 0.261 e. The number of aromatic nitrogens is 2. The summed E-state index contributed by atoms with van der Waals surface area (Å²) in [6.45, 7) is 1.76. The minimum Gasteiger partial charge on any atom is -0.497 e. The number of methoxy groups -OCH3 is 2. The number of piperidine rings is 1. The molecule has 0 bridgehead atoms. The Labute approximate surface area is 208 Å². The number of halogens is 1. The van der Waals surface area contributed by atoms with E-state index in [-0.39, 0.29) is 23.9 Å². The van der Waals surface area contributed by atoms with E-state index >= 15 is 0 Å². The fraction of sp³-hybridized carbons (Fsp3) is 0.296. The van der Waals surface area contributed by atoms with Gasteiger partial charge in [-0.1, -0.05) is 0 Å². The highest BCUT2D eigenvalue weighted by Crippen LogP contribution is 2.39. The number of hydrogen-bond acceptors (Lipinski definition) is 6. The fourth-order valence-electron chi connectivity index (χ4n) is 4.84. The van der Waals surface area contributed by atoms with E-state index in [0.717, 1.165) is 31.6 Å². The molecule has 2 aromatic carbocycles. The van der Waals surface area contributed by atoms with Gasteiger partial charge in [-0.05, 0) is 62.3 Å². The van der Waals surface area contributed by atoms with Crippen molar-refractivity contribution in [1.29, 1.82) is 0 Å². The second kappa shape index (κ2) is 9.94. The van der Waals surface area contributed by atoms with Crippen molar-refractivity contribution in [3.05, 3.63) is 71.2 Å². The lowest BCUT2D eigenvalue weighted by molar-refractivity contribution is -0.137. The van der Waals surface area contributed by atoms with E-state index < -0.39 is 11.8 Å². The monoisotopic (exact) mass is 490 g/mol. The van der Waals surface area contributed by atoms with Gasteiger partial charge in [0.2, 0.25) is 0 Å². The van der Waals surface area contributed by atoms with Gasteiger partial charge in [0.15, 0.2) is 0 Å². The van der Waals surface area contributed by atoms with Crippen LogP contribution in [0.3, 0.4) is 0 Å². The number of aromatic amines is 1. The van der Waals surface area contributed by atoms with Gasteiger partial charge in [-0.15, -0.1) is 0 Å². The van der Waals surface area contributed by atoms with Gasteiger partial charge in [0.25, 0.3) is 11.8 Å². The number of amides is 2. The number of H-pyrrole nitrogens is 1. The summed E-state index contributed by atoms with van der Waals surface area (Å²) < 4.78 is 24.3. The van der Waals surface area contributed by atoms with Crippen molar-refractivity contribution in [2.75, 3.05) is 27.3 Å². The molecule has 9 heteroatoms. The third-order valence-corrected chi connectivity index (χ3v) is 6.76. The summed E-state index contributed by atoms with van der Waals surface area (Å²) in [6.07, 6.45) is 3.13. The van der Waals surface area contributed by atoms with Crippen LogP contribution in [0.15, 0.2) is 48.5 Å². The van der Waals surface area contributed by atoms with Gasteiger partial charge in [0.05, 0.1) is 26.3 Å². The van der Waals surface area contributed by atoms with E-state index in [1.165, 1.54) is 30.2 Å². The summed E-state index contributed by atoms with van der Waals surface area (Å²) in [4.78, 5) is 27.9. The van der Waals surface area contributed by atoms with Crippen molar-refractivity contribution in [3.8, 4) is 22.8 Å². The molecule has 186 valence electrons. The topological polar surface area (TPSA) is 96.5 Å². The van der Waals surface area contributed by atoms with Crippen LogP contribution in [0.25, 0.3) is 16.8 Å². The molecule has 2 amide bonds. The number of benzene rings is 2. The average molecular weight is 491 g/mol. The van der Waals surface area contributed by atoms with E-state index in [4.69, 9.17) is 9.47 Å². The first-order chi connectivity index (χ1) is 17.5. The first-order valence-electron chi connectivity index (χ1n) is 11.8. The highest BCUT2D eigenvalue weighted by atomic mass is 19.1. The molecule has 0 atom stereocenters. The van der Waals surface area contributed by atoms with Crippen LogP contribution in [-0.2, 0) is 16.1 Å². The lowest BCUT2D eigenvalue weighted by atomic mass is 9.88. The molecule has 2 aliphatic heterocycles. The molecule has 0 unspecified atom stereocenters. The van der Waals surface area contributed by atoms with Gasteiger partial charge in [-0.25, -0.2) is 4.39 Å². The van der Waals surface area contributed by atoms with Crippen LogP contribution in [0.4, 0.5) is 4.39 Å². The van der Waals surface area contributed by atoms with Crippen LogP contribution in [0.2, 0.25) is 0 Å². The van der Waals surface area contributed by atoms with Crippen molar-refractivity contribution >= 4 is 17.4 Å². The number of imide groups is 1. The van der Waals surface area contributed by atoms with Crippen molar-refractivity contribution in [3.63, 3.8) is 0 Å². The Bertz CT molecular complexity index is 1330. The SMILES string of the molecule is COc1ccc(CN2C(=O)C=C(c3c(-c4ccc(F)cc4)n[nH]c3C3CCNCC3)C2=O)c(OC)c1. The Balaban J connectivity index is 1.52. The number of nitrogens with one attached hydrogen (secondary N) is 2. The van der Waals surface area contributed by atoms with Gasteiger partial charge in [-0.2, -0.15) is 5.10 Å². The Morgan fingerprint density at radius 2 is 1.81 bits per heavy atom. The van der Waals surface area contributed by atoms with Gasteiger partial charge < -0.3 is 14.8 Å². The van der Waals surface area contributed by atoms with Gasteiger partial charge in [0.1, 0.15) is 23.0 Å². The highest BCUT2D eigenvalue weighted by molar-refractivity contribution is 6.34. The molecule has 3 aromatic rings. The van der Waals surface area contributed by atoms with Gasteiger partial charge >= 0.3 is 0 Å². The molecule has 1 saturated heterocycles. The van der Waals surface area contributed by atoms with Crippen LogP contribution in [0.5, 0.6) is 11.5 Å². The number of nitrogens with zero attached hydrogens (tertiary/aromatic N) is 2. The third kappa shape index (κ3) is 4.37. The molecule has 0 radical (unpaired) electrons. The predicted octanol–water partition coefficient (Wildman–Crippen LogP) is 3.65. The predicted molar refractivity (Wildman–Crippen MR) is 132 cm³/mol. The molecule has 0 aliphatic carbocycles. The molecule has 36 heavy (non-hydrogen) atoms. The third-order valence-electron chi connectivity index (χ3n) is 6.76. The first-order valence-corrected chi connectivity index (χ1v) is 11.8. The molecular weight excluding hydrogens is 463 g/mol. The van der Waals surface area contributed by atoms with Crippen LogP contribution in [0.1, 0.15) is 35.6 Å². The maximum atomic E-state index is 13.7. The second-order valence-corrected chi connectivity index (χ2v) is 8.86. The number of carbonyl (C=O) groups is 2. The molecular formula is C27H27FN4O4. The molecule has 2 aliphatic rings. The van der Waals surface area contributed by atoms with Crippen molar-refractivity contribution < 1.29 is 23.5 Å². The van der Waals surface area contributed by atoms with E-state index in [2.05, 4.69) is 15.5 Å². The summed E-state index contributed by atoms with van der Waals surface area (Å²) in [5, 5.41) is 11.0. The van der Waals surface area contributed by atoms with Crippen molar-refractivity contribution in [1.82, 2.24) is 20.4 Å². The summed E-state index contributed by atoms with van der Waals surface area (Å²) in [5.41, 5.74) is 3.59. The molecule has 3 heterocycles. The van der Waals surface area contributed by atoms with Crippen LogP contribution in [0, 0.1) is 5.82 Å². The molecule has 0 spiro atoms. The van der Waals surface area contributed by atoms with E-state index in [1.807, 2.05) is 0 Å². The van der Waals surface area contributed by atoms with Crippen LogP contribution in [-0.4, -0.2) is 54.2 Å². The minimum atomic E-state index is -0.407. The zero-order chi connectivity index (χ0) is 25.2. The summed E-state index contributed by atoms with van der Waals surface area (Å²) >= 11 is 0. The molecule has 2 N–H and O–H groups in total. The van der Waals surface area contributed by atoms with Crippen molar-refractivity contribution in [2.45, 2.75) is 25.3 Å². The molecule has 1 fully saturated rings.